The summed E-state index contributed by atoms with van der Waals surface area (Å²) in [7, 11) is 0. The van der Waals surface area contributed by atoms with Crippen LogP contribution in [0.15, 0.2) is 34.8 Å². The van der Waals surface area contributed by atoms with E-state index in [4.69, 9.17) is 16.3 Å². The molecular formula is C11H7BrClFN2O. The van der Waals surface area contributed by atoms with Crippen LogP contribution in [0.3, 0.4) is 0 Å². The van der Waals surface area contributed by atoms with Crippen LogP contribution in [0.2, 0.25) is 5.15 Å². The standard InChI is InChI=1S/C11H7BrClFN2O/c12-7-1-3-9(14)10(5-7)17-6-8-2-4-11(13)16-15-8/h1-5H,6H2. The van der Waals surface area contributed by atoms with Crippen LogP contribution in [0.1, 0.15) is 5.69 Å². The van der Waals surface area contributed by atoms with Gasteiger partial charge in [-0.2, -0.15) is 5.10 Å². The Hall–Kier alpha value is -1.20. The van der Waals surface area contributed by atoms with Gasteiger partial charge in [0.25, 0.3) is 0 Å². The predicted octanol–water partition coefficient (Wildman–Crippen LogP) is 3.61. The lowest BCUT2D eigenvalue weighted by Crippen LogP contribution is -2.00. The molecule has 88 valence electrons. The van der Waals surface area contributed by atoms with E-state index in [9.17, 15) is 4.39 Å². The molecular weight excluding hydrogens is 310 g/mol. The molecule has 0 aliphatic rings. The summed E-state index contributed by atoms with van der Waals surface area (Å²) in [6.45, 7) is 0.136. The molecule has 0 unspecified atom stereocenters. The minimum Gasteiger partial charge on any atom is -0.484 e. The Morgan fingerprint density at radius 2 is 2.06 bits per heavy atom. The topological polar surface area (TPSA) is 35.0 Å². The molecule has 1 aromatic carbocycles. The zero-order valence-corrected chi connectivity index (χ0v) is 10.9. The number of benzene rings is 1. The fourth-order valence-electron chi connectivity index (χ4n) is 1.16. The first kappa shape index (κ1) is 12.3. The van der Waals surface area contributed by atoms with Gasteiger partial charge in [0.2, 0.25) is 0 Å². The first-order valence-corrected chi connectivity index (χ1v) is 5.88. The lowest BCUT2D eigenvalue weighted by molar-refractivity contribution is 0.284. The van der Waals surface area contributed by atoms with Gasteiger partial charge in [-0.1, -0.05) is 27.5 Å². The highest BCUT2D eigenvalue weighted by Gasteiger charge is 2.05. The Labute approximate surface area is 111 Å². The van der Waals surface area contributed by atoms with E-state index >= 15 is 0 Å². The van der Waals surface area contributed by atoms with Crippen molar-refractivity contribution in [1.82, 2.24) is 10.2 Å². The van der Waals surface area contributed by atoms with E-state index in [2.05, 4.69) is 26.1 Å². The molecule has 0 N–H and O–H groups in total. The number of hydrogen-bond acceptors (Lipinski definition) is 3. The van der Waals surface area contributed by atoms with Gasteiger partial charge in [-0.3, -0.25) is 0 Å². The highest BCUT2D eigenvalue weighted by Crippen LogP contribution is 2.22. The van der Waals surface area contributed by atoms with Crippen molar-refractivity contribution in [3.8, 4) is 5.75 Å². The highest BCUT2D eigenvalue weighted by molar-refractivity contribution is 9.10. The SMILES string of the molecule is Fc1ccc(Br)cc1OCc1ccc(Cl)nn1. The number of rotatable bonds is 3. The number of aromatic nitrogens is 2. The zero-order valence-electron chi connectivity index (χ0n) is 8.53. The summed E-state index contributed by atoms with van der Waals surface area (Å²) in [5.74, 6) is -0.258. The molecule has 0 bridgehead atoms. The lowest BCUT2D eigenvalue weighted by atomic mass is 10.3. The summed E-state index contributed by atoms with van der Waals surface area (Å²) < 4.78 is 19.4. The summed E-state index contributed by atoms with van der Waals surface area (Å²) in [5.41, 5.74) is 0.578. The van der Waals surface area contributed by atoms with Crippen molar-refractivity contribution < 1.29 is 9.13 Å². The molecule has 2 aromatic rings. The Kier molecular flexibility index (Phi) is 3.91. The van der Waals surface area contributed by atoms with Crippen molar-refractivity contribution in [2.45, 2.75) is 6.61 Å². The lowest BCUT2D eigenvalue weighted by Gasteiger charge is -2.06. The molecule has 2 rings (SSSR count). The Morgan fingerprint density at radius 1 is 1.24 bits per heavy atom. The van der Waals surface area contributed by atoms with Crippen LogP contribution in [0, 0.1) is 5.82 Å². The van der Waals surface area contributed by atoms with Crippen LogP contribution in [0.5, 0.6) is 5.75 Å². The molecule has 0 fully saturated rings. The normalized spacial score (nSPS) is 10.3. The summed E-state index contributed by atoms with van der Waals surface area (Å²) in [4.78, 5) is 0. The molecule has 0 saturated carbocycles. The van der Waals surface area contributed by atoms with Gasteiger partial charge >= 0.3 is 0 Å². The summed E-state index contributed by atoms with van der Waals surface area (Å²) in [6, 6.07) is 7.76. The number of ether oxygens (including phenoxy) is 1. The van der Waals surface area contributed by atoms with E-state index in [0.717, 1.165) is 4.47 Å². The van der Waals surface area contributed by atoms with Gasteiger partial charge in [0.05, 0.1) is 0 Å². The molecule has 1 heterocycles. The molecule has 0 atom stereocenters. The molecule has 0 amide bonds. The number of nitrogens with zero attached hydrogens (tertiary/aromatic N) is 2. The Balaban J connectivity index is 2.07. The Morgan fingerprint density at radius 3 is 2.76 bits per heavy atom. The van der Waals surface area contributed by atoms with Gasteiger partial charge in [0, 0.05) is 4.47 Å². The van der Waals surface area contributed by atoms with Crippen LogP contribution in [-0.2, 0) is 6.61 Å². The third kappa shape index (κ3) is 3.38. The maximum atomic E-state index is 13.3. The first-order chi connectivity index (χ1) is 8.15. The van der Waals surface area contributed by atoms with E-state index in [-0.39, 0.29) is 12.4 Å². The van der Waals surface area contributed by atoms with Gasteiger partial charge in [-0.25, -0.2) is 4.39 Å². The number of hydrogen-bond donors (Lipinski definition) is 0. The van der Waals surface area contributed by atoms with Crippen molar-refractivity contribution in [3.63, 3.8) is 0 Å². The van der Waals surface area contributed by atoms with E-state index < -0.39 is 5.82 Å². The van der Waals surface area contributed by atoms with Gasteiger partial charge in [0.15, 0.2) is 16.7 Å². The quantitative estimate of drug-likeness (QED) is 0.867. The predicted molar refractivity (Wildman–Crippen MR) is 65.5 cm³/mol. The molecule has 0 aliphatic carbocycles. The highest BCUT2D eigenvalue weighted by atomic mass is 79.9. The third-order valence-electron chi connectivity index (χ3n) is 1.96. The van der Waals surface area contributed by atoms with Crippen molar-refractivity contribution in [3.05, 3.63) is 51.5 Å². The maximum Gasteiger partial charge on any atom is 0.165 e. The first-order valence-electron chi connectivity index (χ1n) is 4.71. The van der Waals surface area contributed by atoms with Crippen LogP contribution in [-0.4, -0.2) is 10.2 Å². The Bertz CT molecular complexity index is 521. The molecule has 3 nitrogen and oxygen atoms in total. The van der Waals surface area contributed by atoms with E-state index in [1.165, 1.54) is 6.07 Å². The van der Waals surface area contributed by atoms with Crippen molar-refractivity contribution in [2.75, 3.05) is 0 Å². The second kappa shape index (κ2) is 5.42. The molecule has 0 aliphatic heterocycles. The molecule has 6 heteroatoms. The average molecular weight is 318 g/mol. The van der Waals surface area contributed by atoms with E-state index in [1.807, 2.05) is 0 Å². The van der Waals surface area contributed by atoms with Gasteiger partial charge in [-0.05, 0) is 30.3 Å². The zero-order chi connectivity index (χ0) is 12.3. The van der Waals surface area contributed by atoms with E-state index in [1.54, 1.807) is 24.3 Å². The van der Waals surface area contributed by atoms with Crippen LogP contribution < -0.4 is 4.74 Å². The fourth-order valence-corrected chi connectivity index (χ4v) is 1.60. The molecule has 0 radical (unpaired) electrons. The summed E-state index contributed by atoms with van der Waals surface area (Å²) >= 11 is 8.83. The summed E-state index contributed by atoms with van der Waals surface area (Å²) in [5, 5.41) is 7.78. The second-order valence-corrected chi connectivity index (χ2v) is 4.51. The van der Waals surface area contributed by atoms with Crippen LogP contribution in [0.4, 0.5) is 4.39 Å². The minimum absolute atomic E-state index is 0.136. The van der Waals surface area contributed by atoms with E-state index in [0.29, 0.717) is 10.8 Å². The monoisotopic (exact) mass is 316 g/mol. The van der Waals surface area contributed by atoms with Gasteiger partial charge < -0.3 is 4.74 Å². The maximum absolute atomic E-state index is 13.3. The fraction of sp³-hybridized carbons (Fsp3) is 0.0909. The minimum atomic E-state index is -0.421. The average Bonchev–Trinajstić information content (AvgIpc) is 2.32. The van der Waals surface area contributed by atoms with Crippen LogP contribution >= 0.6 is 27.5 Å². The smallest absolute Gasteiger partial charge is 0.165 e. The van der Waals surface area contributed by atoms with Crippen LogP contribution in [0.25, 0.3) is 0 Å². The number of halogens is 3. The third-order valence-corrected chi connectivity index (χ3v) is 2.65. The molecule has 17 heavy (non-hydrogen) atoms. The van der Waals surface area contributed by atoms with Crippen molar-refractivity contribution in [1.29, 1.82) is 0 Å². The van der Waals surface area contributed by atoms with Gasteiger partial charge in [-0.15, -0.1) is 5.10 Å². The largest absolute Gasteiger partial charge is 0.484 e. The second-order valence-electron chi connectivity index (χ2n) is 3.21. The molecule has 0 saturated heterocycles. The van der Waals surface area contributed by atoms with Crippen molar-refractivity contribution >= 4 is 27.5 Å². The summed E-state index contributed by atoms with van der Waals surface area (Å²) in [6.07, 6.45) is 0. The van der Waals surface area contributed by atoms with Gasteiger partial charge in [0.1, 0.15) is 12.3 Å². The molecule has 1 aromatic heterocycles. The molecule has 0 spiro atoms. The van der Waals surface area contributed by atoms with Crippen molar-refractivity contribution in [2.24, 2.45) is 0 Å².